The molecular weight excluding hydrogens is 612 g/mol. The van der Waals surface area contributed by atoms with Crippen LogP contribution in [0.3, 0.4) is 0 Å². The van der Waals surface area contributed by atoms with Crippen molar-refractivity contribution in [1.29, 1.82) is 0 Å². The largest absolute Gasteiger partial charge is 0.378 e. The van der Waals surface area contributed by atoms with E-state index in [2.05, 4.69) is 42.2 Å². The highest BCUT2D eigenvalue weighted by Crippen LogP contribution is 2.32. The van der Waals surface area contributed by atoms with Crippen LogP contribution in [0.1, 0.15) is 61.0 Å². The fraction of sp³-hybridized carbons (Fsp3) is 0.406. The Morgan fingerprint density at radius 1 is 1.05 bits per heavy atom. The number of carbonyl (C=O) groups is 4. The van der Waals surface area contributed by atoms with E-state index in [4.69, 9.17) is 0 Å². The van der Waals surface area contributed by atoms with Crippen LogP contribution >= 0.6 is 15.9 Å². The summed E-state index contributed by atoms with van der Waals surface area (Å²) in [5.74, 6) is -1.47. The van der Waals surface area contributed by atoms with Gasteiger partial charge >= 0.3 is 0 Å². The molecule has 1 saturated heterocycles. The third-order valence-corrected chi connectivity index (χ3v) is 9.21. The lowest BCUT2D eigenvalue weighted by atomic mass is 9.82. The van der Waals surface area contributed by atoms with Crippen molar-refractivity contribution in [2.45, 2.75) is 63.6 Å². The second-order valence-corrected chi connectivity index (χ2v) is 12.6. The van der Waals surface area contributed by atoms with Gasteiger partial charge < -0.3 is 25.7 Å². The van der Waals surface area contributed by atoms with Gasteiger partial charge in [-0.25, -0.2) is 4.98 Å². The number of carbonyl (C=O) groups excluding carboxylic acids is 4. The zero-order valence-corrected chi connectivity index (χ0v) is 25.4. The minimum Gasteiger partial charge on any atom is -0.378 e. The average Bonchev–Trinajstić information content (AvgIpc) is 3.60. The van der Waals surface area contributed by atoms with E-state index >= 15 is 0 Å². The summed E-state index contributed by atoms with van der Waals surface area (Å²) in [7, 11) is 0. The number of benzene rings is 1. The first-order valence-corrected chi connectivity index (χ1v) is 15.7. The standard InChI is InChI=1S/C32H35BrN6O4/c33-21-11-12-27-36-26(18-39(27)17-21)32(43)38-25(13-19-7-3-1-4-8-19)31(42)37-24-14-22-23(16-35-30(22)41)28(29(24)40)34-15-20-9-5-2-6-10-20/h2,5-6,9-12,17-19,22,24-25,34H,1,3-4,7-8,13-16H2,(H,35,41)(H,37,42)(H,38,43)/t22-,24+,25+/m1/s1. The molecule has 2 fully saturated rings. The number of pyridine rings is 1. The number of imidazole rings is 1. The number of Topliss-reactive ketones (excluding diaryl/α,β-unsaturated/α-hetero) is 1. The van der Waals surface area contributed by atoms with E-state index in [0.29, 0.717) is 36.8 Å². The van der Waals surface area contributed by atoms with Crippen LogP contribution in [0.15, 0.2) is 70.6 Å². The topological polar surface area (TPSA) is 134 Å². The average molecular weight is 648 g/mol. The zero-order chi connectivity index (χ0) is 29.9. The van der Waals surface area contributed by atoms with Crippen molar-refractivity contribution in [3.8, 4) is 0 Å². The molecule has 43 heavy (non-hydrogen) atoms. The first-order chi connectivity index (χ1) is 20.9. The molecule has 1 aromatic carbocycles. The Morgan fingerprint density at radius 3 is 2.63 bits per heavy atom. The zero-order valence-electron chi connectivity index (χ0n) is 23.8. The van der Waals surface area contributed by atoms with Crippen molar-refractivity contribution in [1.82, 2.24) is 30.7 Å². The van der Waals surface area contributed by atoms with E-state index in [1.807, 2.05) is 42.6 Å². The number of hydrogen-bond acceptors (Lipinski definition) is 6. The molecule has 2 aliphatic carbocycles. The number of halogens is 1. The first-order valence-electron chi connectivity index (χ1n) is 14.9. The Morgan fingerprint density at radius 2 is 1.84 bits per heavy atom. The van der Waals surface area contributed by atoms with Crippen molar-refractivity contribution >= 4 is 45.1 Å². The number of fused-ring (bicyclic) bond motifs is 2. The Balaban J connectivity index is 1.20. The highest BCUT2D eigenvalue weighted by atomic mass is 79.9. The van der Waals surface area contributed by atoms with E-state index in [1.165, 1.54) is 6.42 Å². The second kappa shape index (κ2) is 12.7. The van der Waals surface area contributed by atoms with E-state index in [-0.39, 0.29) is 23.8 Å². The van der Waals surface area contributed by atoms with Crippen molar-refractivity contribution < 1.29 is 19.2 Å². The molecule has 10 nitrogen and oxygen atoms in total. The summed E-state index contributed by atoms with van der Waals surface area (Å²) in [6.45, 7) is 0.728. The van der Waals surface area contributed by atoms with Gasteiger partial charge in [-0.05, 0) is 58.0 Å². The molecule has 0 unspecified atom stereocenters. The second-order valence-electron chi connectivity index (χ2n) is 11.7. The Kier molecular flexibility index (Phi) is 8.60. The Labute approximate surface area is 258 Å². The fourth-order valence-electron chi connectivity index (χ4n) is 6.45. The first kappa shape index (κ1) is 29.1. The molecule has 3 amide bonds. The quantitative estimate of drug-likeness (QED) is 0.282. The lowest BCUT2D eigenvalue weighted by molar-refractivity contribution is -0.129. The Bertz CT molecular complexity index is 1580. The van der Waals surface area contributed by atoms with Crippen LogP contribution in [0.5, 0.6) is 0 Å². The minimum absolute atomic E-state index is 0.147. The van der Waals surface area contributed by atoms with Crippen LogP contribution in [0.4, 0.5) is 0 Å². The van der Waals surface area contributed by atoms with Gasteiger partial charge in [0.15, 0.2) is 0 Å². The molecule has 3 aromatic rings. The maximum absolute atomic E-state index is 13.8. The van der Waals surface area contributed by atoms with Crippen molar-refractivity contribution in [3.05, 3.63) is 81.9 Å². The van der Waals surface area contributed by atoms with Gasteiger partial charge in [0.25, 0.3) is 5.91 Å². The van der Waals surface area contributed by atoms with Gasteiger partial charge in [-0.15, -0.1) is 0 Å². The molecule has 0 radical (unpaired) electrons. The van der Waals surface area contributed by atoms with Crippen LogP contribution in [-0.4, -0.2) is 51.5 Å². The van der Waals surface area contributed by atoms with E-state index < -0.39 is 29.8 Å². The molecule has 6 rings (SSSR count). The van der Waals surface area contributed by atoms with Gasteiger partial charge in [-0.2, -0.15) is 0 Å². The van der Waals surface area contributed by atoms with Gasteiger partial charge in [0, 0.05) is 30.0 Å². The van der Waals surface area contributed by atoms with E-state index in [0.717, 1.165) is 41.3 Å². The predicted octanol–water partition coefficient (Wildman–Crippen LogP) is 3.41. The van der Waals surface area contributed by atoms with Gasteiger partial charge in [-0.1, -0.05) is 62.4 Å². The van der Waals surface area contributed by atoms with Gasteiger partial charge in [0.1, 0.15) is 17.4 Å². The molecular formula is C32H35BrN6O4. The smallest absolute Gasteiger partial charge is 0.272 e. The van der Waals surface area contributed by atoms with Crippen LogP contribution in [-0.2, 0) is 20.9 Å². The van der Waals surface area contributed by atoms with Crippen molar-refractivity contribution in [2.24, 2.45) is 11.8 Å². The molecule has 1 saturated carbocycles. The van der Waals surface area contributed by atoms with Crippen LogP contribution < -0.4 is 21.3 Å². The predicted molar refractivity (Wildman–Crippen MR) is 164 cm³/mol. The summed E-state index contributed by atoms with van der Waals surface area (Å²) in [6.07, 6.45) is 9.44. The number of amides is 3. The number of hydrogen-bond donors (Lipinski definition) is 4. The number of nitrogens with one attached hydrogen (secondary N) is 4. The molecule has 0 spiro atoms. The van der Waals surface area contributed by atoms with E-state index in [9.17, 15) is 19.2 Å². The third-order valence-electron chi connectivity index (χ3n) is 8.74. The maximum Gasteiger partial charge on any atom is 0.272 e. The van der Waals surface area contributed by atoms with Gasteiger partial charge in [-0.3, -0.25) is 19.2 Å². The molecule has 3 atom stereocenters. The summed E-state index contributed by atoms with van der Waals surface area (Å²) in [6, 6.07) is 11.6. The lowest BCUT2D eigenvalue weighted by Gasteiger charge is -2.31. The maximum atomic E-state index is 13.8. The number of nitrogens with zero attached hydrogens (tertiary/aromatic N) is 2. The summed E-state index contributed by atoms with van der Waals surface area (Å²) in [5.41, 5.74) is 2.94. The van der Waals surface area contributed by atoms with E-state index in [1.54, 1.807) is 16.7 Å². The SMILES string of the molecule is O=C(N[C@@H](CC1CCCCC1)C(=O)N[C@H]1C[C@H]2C(=O)NCC2=C(NCc2ccccc2)C1=O)c1cn2cc(Br)ccc2n1. The number of aromatic nitrogens is 2. The lowest BCUT2D eigenvalue weighted by Crippen LogP contribution is -2.55. The van der Waals surface area contributed by atoms with Gasteiger partial charge in [0.05, 0.1) is 17.7 Å². The highest BCUT2D eigenvalue weighted by molar-refractivity contribution is 9.10. The molecule has 224 valence electrons. The highest BCUT2D eigenvalue weighted by Gasteiger charge is 2.43. The normalized spacial score (nSPS) is 21.3. The minimum atomic E-state index is -0.887. The van der Waals surface area contributed by atoms with Crippen molar-refractivity contribution in [2.75, 3.05) is 6.54 Å². The van der Waals surface area contributed by atoms with Crippen LogP contribution in [0, 0.1) is 11.8 Å². The summed E-state index contributed by atoms with van der Waals surface area (Å²) in [5, 5.41) is 11.9. The summed E-state index contributed by atoms with van der Waals surface area (Å²) < 4.78 is 2.60. The molecule has 4 N–H and O–H groups in total. The molecule has 1 aliphatic heterocycles. The summed E-state index contributed by atoms with van der Waals surface area (Å²) in [4.78, 5) is 58.0. The van der Waals surface area contributed by atoms with Crippen LogP contribution in [0.2, 0.25) is 0 Å². The van der Waals surface area contributed by atoms with Crippen molar-refractivity contribution in [3.63, 3.8) is 0 Å². The molecule has 11 heteroatoms. The molecule has 2 aromatic heterocycles. The molecule has 3 aliphatic rings. The number of rotatable bonds is 9. The third kappa shape index (κ3) is 6.51. The number of ketones is 1. The fourth-order valence-corrected chi connectivity index (χ4v) is 6.80. The van der Waals surface area contributed by atoms with Crippen LogP contribution in [0.25, 0.3) is 5.65 Å². The summed E-state index contributed by atoms with van der Waals surface area (Å²) >= 11 is 3.43. The molecule has 0 bridgehead atoms. The Hall–Kier alpha value is -3.99. The van der Waals surface area contributed by atoms with Gasteiger partial charge in [0.2, 0.25) is 17.6 Å². The monoisotopic (exact) mass is 646 g/mol. The molecule has 3 heterocycles.